The number of aliphatic hydroxyl groups is 8. The summed E-state index contributed by atoms with van der Waals surface area (Å²) in [6, 6.07) is -0.939. The number of carbonyl (C=O) groups excluding carboxylic acids is 1. The Morgan fingerprint density at radius 2 is 0.646 bits per heavy atom. The minimum Gasteiger partial charge on any atom is -0.394 e. The highest BCUT2D eigenvalue weighted by Crippen LogP contribution is 2.30. The summed E-state index contributed by atoms with van der Waals surface area (Å²) < 4.78 is 22.9. The zero-order chi connectivity index (χ0) is 71.5. The molecule has 12 atom stereocenters. The number of hydrogen-bond acceptors (Lipinski definition) is 13. The van der Waals surface area contributed by atoms with Crippen LogP contribution in [-0.4, -0.2) is 140 Å². The number of carbonyl (C=O) groups is 1. The number of allylic oxidation sites excluding steroid dienone is 7. The molecule has 0 radical (unpaired) electrons. The predicted octanol–water partition coefficient (Wildman–Crippen LogP) is 19.8. The molecule has 9 N–H and O–H groups in total. The second-order valence-corrected chi connectivity index (χ2v) is 29.9. The van der Waals surface area contributed by atoms with E-state index in [0.717, 1.165) is 44.9 Å². The lowest BCUT2D eigenvalue weighted by molar-refractivity contribution is -0.359. The van der Waals surface area contributed by atoms with Crippen molar-refractivity contribution in [2.75, 3.05) is 19.8 Å². The van der Waals surface area contributed by atoms with Crippen molar-refractivity contribution in [3.8, 4) is 0 Å². The second kappa shape index (κ2) is 69.0. The van der Waals surface area contributed by atoms with Crippen LogP contribution in [0.25, 0.3) is 0 Å². The quantitative estimate of drug-likeness (QED) is 0.0204. The van der Waals surface area contributed by atoms with Crippen molar-refractivity contribution < 1.29 is 64.6 Å². The SMILES string of the molecule is CCCCCCCCCC/C=C\CCCCCCCCCCCCCCCCCCCCCCCCCCCC(=O)NC(COC1OC(CO)C(OC2OC(CO)C(O)C(O)C2O)C(O)C1O)C(O)/C=C/CC/C=C/CC/C=C/CCCCCCCCCCCCCCCCCCCC. The molecule has 0 aromatic rings. The van der Waals surface area contributed by atoms with Crippen LogP contribution in [-0.2, 0) is 23.7 Å². The Hall–Kier alpha value is -2.05. The first-order valence-corrected chi connectivity index (χ1v) is 42.4. The van der Waals surface area contributed by atoms with E-state index in [-0.39, 0.29) is 18.9 Å². The maximum atomic E-state index is 13.4. The molecule has 99 heavy (non-hydrogen) atoms. The molecule has 12 unspecified atom stereocenters. The van der Waals surface area contributed by atoms with Crippen molar-refractivity contribution in [1.29, 1.82) is 0 Å². The van der Waals surface area contributed by atoms with E-state index in [1.807, 2.05) is 6.08 Å². The number of nitrogens with one attached hydrogen (secondary N) is 1. The van der Waals surface area contributed by atoms with Gasteiger partial charge in [0.05, 0.1) is 32.0 Å². The van der Waals surface area contributed by atoms with Crippen molar-refractivity contribution in [3.63, 3.8) is 0 Å². The number of unbranched alkanes of at least 4 members (excludes halogenated alkanes) is 53. The molecule has 2 heterocycles. The van der Waals surface area contributed by atoms with E-state index in [0.29, 0.717) is 12.8 Å². The average molecular weight is 1400 g/mol. The molecule has 1 amide bonds. The molecule has 14 nitrogen and oxygen atoms in total. The molecule has 0 aliphatic carbocycles. The number of ether oxygens (including phenoxy) is 4. The molecule has 582 valence electrons. The molecule has 0 aromatic heterocycles. The van der Waals surface area contributed by atoms with E-state index in [9.17, 15) is 45.6 Å². The van der Waals surface area contributed by atoms with Gasteiger partial charge in [-0.05, 0) is 70.6 Å². The summed E-state index contributed by atoms with van der Waals surface area (Å²) >= 11 is 0. The van der Waals surface area contributed by atoms with Gasteiger partial charge in [-0.1, -0.05) is 364 Å². The van der Waals surface area contributed by atoms with Crippen molar-refractivity contribution in [1.82, 2.24) is 5.32 Å². The van der Waals surface area contributed by atoms with Crippen molar-refractivity contribution in [3.05, 3.63) is 48.6 Å². The summed E-state index contributed by atoms with van der Waals surface area (Å²) in [7, 11) is 0. The number of rotatable bonds is 72. The van der Waals surface area contributed by atoms with Gasteiger partial charge in [0.25, 0.3) is 0 Å². The zero-order valence-electron chi connectivity index (χ0n) is 64.0. The largest absolute Gasteiger partial charge is 0.394 e. The van der Waals surface area contributed by atoms with Crippen LogP contribution in [0.5, 0.6) is 0 Å². The Morgan fingerprint density at radius 3 is 0.990 bits per heavy atom. The normalized spacial score (nSPS) is 22.1. The van der Waals surface area contributed by atoms with Crippen molar-refractivity contribution in [2.45, 2.75) is 466 Å². The summed E-state index contributed by atoms with van der Waals surface area (Å²) in [4.78, 5) is 13.4. The zero-order valence-corrected chi connectivity index (χ0v) is 64.0. The third kappa shape index (κ3) is 51.7. The first-order valence-electron chi connectivity index (χ1n) is 42.4. The van der Waals surface area contributed by atoms with Gasteiger partial charge in [0.2, 0.25) is 5.91 Å². The minimum atomic E-state index is -1.79. The monoisotopic (exact) mass is 1400 g/mol. The Kier molecular flexibility index (Phi) is 64.9. The fourth-order valence-corrected chi connectivity index (χ4v) is 14.0. The molecule has 2 aliphatic heterocycles. The van der Waals surface area contributed by atoms with Gasteiger partial charge >= 0.3 is 0 Å². The third-order valence-electron chi connectivity index (χ3n) is 20.7. The predicted molar refractivity (Wildman–Crippen MR) is 411 cm³/mol. The lowest BCUT2D eigenvalue weighted by atomic mass is 9.97. The van der Waals surface area contributed by atoms with Crippen molar-refractivity contribution >= 4 is 5.91 Å². The van der Waals surface area contributed by atoms with E-state index >= 15 is 0 Å². The molecule has 0 saturated carbocycles. The summed E-state index contributed by atoms with van der Waals surface area (Å²) in [6.45, 7) is 2.84. The molecule has 0 spiro atoms. The van der Waals surface area contributed by atoms with Gasteiger partial charge in [-0.2, -0.15) is 0 Å². The van der Waals surface area contributed by atoms with Crippen LogP contribution in [0, 0.1) is 0 Å². The minimum absolute atomic E-state index is 0.245. The van der Waals surface area contributed by atoms with E-state index in [1.165, 1.54) is 315 Å². The van der Waals surface area contributed by atoms with E-state index in [1.54, 1.807) is 6.08 Å². The summed E-state index contributed by atoms with van der Waals surface area (Å²) in [6.07, 6.45) is 76.5. The lowest BCUT2D eigenvalue weighted by Crippen LogP contribution is -2.65. The van der Waals surface area contributed by atoms with Gasteiger partial charge in [-0.25, -0.2) is 0 Å². The van der Waals surface area contributed by atoms with E-state index < -0.39 is 86.8 Å². The molecule has 14 heteroatoms. The highest BCUT2D eigenvalue weighted by atomic mass is 16.7. The molecular formula is C85H159NO13. The summed E-state index contributed by atoms with van der Waals surface area (Å²) in [5, 5.41) is 87.7. The van der Waals surface area contributed by atoms with Gasteiger partial charge in [-0.15, -0.1) is 0 Å². The topological polar surface area (TPSA) is 228 Å². The number of amides is 1. The Morgan fingerprint density at radius 1 is 0.354 bits per heavy atom. The maximum absolute atomic E-state index is 13.4. The molecule has 2 rings (SSSR count). The fourth-order valence-electron chi connectivity index (χ4n) is 14.0. The third-order valence-corrected chi connectivity index (χ3v) is 20.7. The molecule has 2 aliphatic rings. The molecule has 2 fully saturated rings. The average Bonchev–Trinajstić information content (AvgIpc) is 0.793. The smallest absolute Gasteiger partial charge is 0.220 e. The lowest BCUT2D eigenvalue weighted by Gasteiger charge is -2.46. The van der Waals surface area contributed by atoms with Gasteiger partial charge in [0.1, 0.15) is 48.8 Å². The Bertz CT molecular complexity index is 1850. The molecule has 2 saturated heterocycles. The van der Waals surface area contributed by atoms with Crippen LogP contribution >= 0.6 is 0 Å². The van der Waals surface area contributed by atoms with Gasteiger partial charge < -0.3 is 65.1 Å². The number of hydrogen-bond donors (Lipinski definition) is 9. The first kappa shape index (κ1) is 93.0. The van der Waals surface area contributed by atoms with Gasteiger partial charge in [-0.3, -0.25) is 4.79 Å². The Labute approximate surface area is 607 Å². The highest BCUT2D eigenvalue weighted by molar-refractivity contribution is 5.76. The summed E-state index contributed by atoms with van der Waals surface area (Å²) in [5.74, 6) is -0.245. The van der Waals surface area contributed by atoms with E-state index in [2.05, 4.69) is 55.6 Å². The highest BCUT2D eigenvalue weighted by Gasteiger charge is 2.51. The first-order chi connectivity index (χ1) is 48.6. The standard InChI is InChI=1S/C85H159NO13/c1-3-5-7-9-11-13-15-17-19-21-23-25-27-29-31-33-34-35-36-37-38-39-40-41-43-45-47-49-51-53-55-57-59-61-63-65-67-69-77(90)86-73(72-96-84-82(95)80(93)83(76(71-88)98-84)99-85-81(94)79(92)78(91)75(70-87)97-85)74(89)68-66-64-62-60-58-56-54-52-50-48-46-44-42-32-30-28-26-24-22-20-18-16-14-12-10-8-6-4-2/h21,23,50,52,58,60,66,68,73-76,78-85,87-89,91-95H,3-20,22,24-49,51,53-57,59,61-65,67,69-72H2,1-2H3,(H,86,90)/b23-21-,52-50+,60-58+,68-66+. The Balaban J connectivity index is 1.60. The van der Waals surface area contributed by atoms with Crippen LogP contribution in [0.1, 0.15) is 393 Å². The van der Waals surface area contributed by atoms with Crippen LogP contribution in [0.2, 0.25) is 0 Å². The molecule has 0 bridgehead atoms. The molecular weight excluding hydrogens is 1240 g/mol. The van der Waals surface area contributed by atoms with Crippen LogP contribution in [0.15, 0.2) is 48.6 Å². The fraction of sp³-hybridized carbons (Fsp3) is 0.894. The van der Waals surface area contributed by atoms with Gasteiger partial charge in [0.15, 0.2) is 12.6 Å². The van der Waals surface area contributed by atoms with E-state index in [4.69, 9.17) is 18.9 Å². The number of aliphatic hydroxyl groups excluding tert-OH is 8. The van der Waals surface area contributed by atoms with Crippen LogP contribution in [0.4, 0.5) is 0 Å². The van der Waals surface area contributed by atoms with Crippen LogP contribution in [0.3, 0.4) is 0 Å². The second-order valence-electron chi connectivity index (χ2n) is 29.9. The van der Waals surface area contributed by atoms with Crippen LogP contribution < -0.4 is 5.32 Å². The van der Waals surface area contributed by atoms with Gasteiger partial charge in [0, 0.05) is 6.42 Å². The van der Waals surface area contributed by atoms with Crippen molar-refractivity contribution in [2.24, 2.45) is 0 Å². The maximum Gasteiger partial charge on any atom is 0.220 e. The summed E-state index contributed by atoms with van der Waals surface area (Å²) in [5.41, 5.74) is 0. The molecule has 0 aromatic carbocycles.